The number of likely N-dealkylation sites (N-methyl/N-ethyl adjacent to an activating group) is 1. The van der Waals surface area contributed by atoms with Crippen LogP contribution in [0.15, 0.2) is 0 Å². The van der Waals surface area contributed by atoms with E-state index in [1.165, 1.54) is 32.1 Å². The van der Waals surface area contributed by atoms with Crippen LogP contribution in [0.25, 0.3) is 0 Å². The minimum Gasteiger partial charge on any atom is -0.444 e. The van der Waals surface area contributed by atoms with Gasteiger partial charge in [0.15, 0.2) is 0 Å². The van der Waals surface area contributed by atoms with Gasteiger partial charge in [-0.1, -0.05) is 32.6 Å². The molecule has 0 bridgehead atoms. The lowest BCUT2D eigenvalue weighted by molar-refractivity contribution is 0.0299. The summed E-state index contributed by atoms with van der Waals surface area (Å²) in [6.07, 6.45) is 6.16. The Balaban J connectivity index is 3.69. The molecule has 0 saturated heterocycles. The maximum absolute atomic E-state index is 11.8. The lowest BCUT2D eigenvalue weighted by atomic mass is 10.1. The lowest BCUT2D eigenvalue weighted by Gasteiger charge is -2.25. The SMILES string of the molecule is CCCCCCC(C)NCCN(C)C(=O)OC(C)(C)C. The molecule has 1 atom stereocenters. The highest BCUT2D eigenvalue weighted by Crippen LogP contribution is 2.09. The van der Waals surface area contributed by atoms with Crippen LogP contribution < -0.4 is 5.32 Å². The number of carbonyl (C=O) groups excluding carboxylic acids is 1. The molecule has 0 aliphatic rings. The van der Waals surface area contributed by atoms with Crippen molar-refractivity contribution in [2.24, 2.45) is 0 Å². The van der Waals surface area contributed by atoms with E-state index >= 15 is 0 Å². The largest absolute Gasteiger partial charge is 0.444 e. The standard InChI is InChI=1S/C16H34N2O2/c1-7-8-9-10-11-14(2)17-12-13-18(6)15(19)20-16(3,4)5/h14,17H,7-13H2,1-6H3. The van der Waals surface area contributed by atoms with Crippen molar-refractivity contribution in [2.75, 3.05) is 20.1 Å². The molecule has 1 unspecified atom stereocenters. The Hall–Kier alpha value is -0.770. The molecule has 20 heavy (non-hydrogen) atoms. The van der Waals surface area contributed by atoms with Gasteiger partial charge in [0.05, 0.1) is 0 Å². The molecule has 0 rings (SSSR count). The van der Waals surface area contributed by atoms with E-state index in [1.807, 2.05) is 20.8 Å². The molecular weight excluding hydrogens is 252 g/mol. The summed E-state index contributed by atoms with van der Waals surface area (Å²) in [7, 11) is 1.78. The van der Waals surface area contributed by atoms with Crippen molar-refractivity contribution in [3.05, 3.63) is 0 Å². The summed E-state index contributed by atoms with van der Waals surface area (Å²) in [5, 5.41) is 3.46. The van der Waals surface area contributed by atoms with Crippen molar-refractivity contribution < 1.29 is 9.53 Å². The molecule has 0 aromatic carbocycles. The quantitative estimate of drug-likeness (QED) is 0.655. The van der Waals surface area contributed by atoms with Crippen molar-refractivity contribution in [1.82, 2.24) is 10.2 Å². The number of hydrogen-bond acceptors (Lipinski definition) is 3. The van der Waals surface area contributed by atoms with E-state index in [1.54, 1.807) is 11.9 Å². The fourth-order valence-electron chi connectivity index (χ4n) is 1.89. The van der Waals surface area contributed by atoms with Crippen molar-refractivity contribution in [3.63, 3.8) is 0 Å². The number of nitrogens with one attached hydrogen (secondary N) is 1. The summed E-state index contributed by atoms with van der Waals surface area (Å²) in [6.45, 7) is 11.6. The number of carbonyl (C=O) groups is 1. The van der Waals surface area contributed by atoms with Crippen LogP contribution in [-0.2, 0) is 4.74 Å². The first kappa shape index (κ1) is 19.2. The molecule has 120 valence electrons. The number of unbranched alkanes of at least 4 members (excludes halogenated alkanes) is 3. The third-order valence-electron chi connectivity index (χ3n) is 3.14. The predicted octanol–water partition coefficient (Wildman–Crippen LogP) is 3.80. The first-order chi connectivity index (χ1) is 9.26. The third kappa shape index (κ3) is 11.1. The number of ether oxygens (including phenoxy) is 1. The Labute approximate surface area is 125 Å². The molecule has 0 aliphatic carbocycles. The van der Waals surface area contributed by atoms with Gasteiger partial charge < -0.3 is 15.0 Å². The van der Waals surface area contributed by atoms with Gasteiger partial charge in [-0.3, -0.25) is 0 Å². The number of amides is 1. The van der Waals surface area contributed by atoms with E-state index in [-0.39, 0.29) is 6.09 Å². The number of rotatable bonds is 9. The molecule has 0 fully saturated rings. The molecule has 1 N–H and O–H groups in total. The fourth-order valence-corrected chi connectivity index (χ4v) is 1.89. The minimum absolute atomic E-state index is 0.255. The summed E-state index contributed by atoms with van der Waals surface area (Å²) in [4.78, 5) is 13.4. The van der Waals surface area contributed by atoms with Gasteiger partial charge in [-0.15, -0.1) is 0 Å². The summed E-state index contributed by atoms with van der Waals surface area (Å²) >= 11 is 0. The topological polar surface area (TPSA) is 41.6 Å². The van der Waals surface area contributed by atoms with E-state index in [0.717, 1.165) is 6.54 Å². The highest BCUT2D eigenvalue weighted by molar-refractivity contribution is 5.67. The Bertz CT molecular complexity index is 262. The molecule has 4 nitrogen and oxygen atoms in total. The second-order valence-electron chi connectivity index (χ2n) is 6.61. The molecule has 1 amide bonds. The lowest BCUT2D eigenvalue weighted by Crippen LogP contribution is -2.39. The highest BCUT2D eigenvalue weighted by Gasteiger charge is 2.19. The molecule has 0 aliphatic heterocycles. The predicted molar refractivity (Wildman–Crippen MR) is 85.1 cm³/mol. The zero-order valence-corrected chi connectivity index (χ0v) is 14.3. The zero-order valence-electron chi connectivity index (χ0n) is 14.3. The van der Waals surface area contributed by atoms with Gasteiger partial charge in [-0.2, -0.15) is 0 Å². The van der Waals surface area contributed by atoms with Crippen molar-refractivity contribution in [1.29, 1.82) is 0 Å². The molecule has 0 spiro atoms. The molecule has 0 saturated carbocycles. The molecule has 0 aromatic heterocycles. The average molecular weight is 286 g/mol. The van der Waals surface area contributed by atoms with Crippen LogP contribution in [0.2, 0.25) is 0 Å². The van der Waals surface area contributed by atoms with Crippen LogP contribution in [0.4, 0.5) is 4.79 Å². The van der Waals surface area contributed by atoms with Gasteiger partial charge in [0.1, 0.15) is 5.60 Å². The van der Waals surface area contributed by atoms with Crippen molar-refractivity contribution in [3.8, 4) is 0 Å². The first-order valence-electron chi connectivity index (χ1n) is 7.93. The number of nitrogens with zero attached hydrogens (tertiary/aromatic N) is 1. The van der Waals surface area contributed by atoms with Gasteiger partial charge in [0.2, 0.25) is 0 Å². The van der Waals surface area contributed by atoms with E-state index in [4.69, 9.17) is 4.74 Å². The summed E-state index contributed by atoms with van der Waals surface area (Å²) < 4.78 is 5.31. The average Bonchev–Trinajstić information content (AvgIpc) is 2.32. The van der Waals surface area contributed by atoms with Crippen LogP contribution in [0.1, 0.15) is 66.7 Å². The Morgan fingerprint density at radius 1 is 1.25 bits per heavy atom. The molecular formula is C16H34N2O2. The smallest absolute Gasteiger partial charge is 0.410 e. The monoisotopic (exact) mass is 286 g/mol. The molecule has 0 aromatic rings. The van der Waals surface area contributed by atoms with Crippen LogP contribution in [0.5, 0.6) is 0 Å². The second kappa shape index (κ2) is 10.0. The van der Waals surface area contributed by atoms with Gasteiger partial charge in [0, 0.05) is 26.2 Å². The van der Waals surface area contributed by atoms with Crippen LogP contribution in [-0.4, -0.2) is 42.8 Å². The van der Waals surface area contributed by atoms with Crippen molar-refractivity contribution >= 4 is 6.09 Å². The molecule has 4 heteroatoms. The van der Waals surface area contributed by atoms with E-state index < -0.39 is 5.60 Å². The first-order valence-corrected chi connectivity index (χ1v) is 7.93. The Morgan fingerprint density at radius 3 is 2.45 bits per heavy atom. The van der Waals surface area contributed by atoms with Gasteiger partial charge in [-0.05, 0) is 34.1 Å². The van der Waals surface area contributed by atoms with E-state index in [0.29, 0.717) is 12.6 Å². The van der Waals surface area contributed by atoms with Gasteiger partial charge in [-0.25, -0.2) is 4.79 Å². The zero-order chi connectivity index (χ0) is 15.6. The normalized spacial score (nSPS) is 13.1. The summed E-state index contributed by atoms with van der Waals surface area (Å²) in [5.41, 5.74) is -0.425. The third-order valence-corrected chi connectivity index (χ3v) is 3.14. The van der Waals surface area contributed by atoms with E-state index in [2.05, 4.69) is 19.2 Å². The van der Waals surface area contributed by atoms with Crippen LogP contribution >= 0.6 is 0 Å². The summed E-state index contributed by atoms with van der Waals surface area (Å²) in [6, 6.07) is 0.513. The van der Waals surface area contributed by atoms with Crippen LogP contribution in [0, 0.1) is 0 Å². The van der Waals surface area contributed by atoms with Crippen LogP contribution in [0.3, 0.4) is 0 Å². The van der Waals surface area contributed by atoms with Crippen molar-refractivity contribution in [2.45, 2.75) is 78.4 Å². The Kier molecular flexibility index (Phi) is 9.64. The molecule has 0 heterocycles. The highest BCUT2D eigenvalue weighted by atomic mass is 16.6. The maximum Gasteiger partial charge on any atom is 0.410 e. The second-order valence-corrected chi connectivity index (χ2v) is 6.61. The fraction of sp³-hybridized carbons (Fsp3) is 0.938. The minimum atomic E-state index is -0.425. The van der Waals surface area contributed by atoms with E-state index in [9.17, 15) is 4.79 Å². The van der Waals surface area contributed by atoms with Gasteiger partial charge in [0.25, 0.3) is 0 Å². The molecule has 0 radical (unpaired) electrons. The number of hydrogen-bond donors (Lipinski definition) is 1. The van der Waals surface area contributed by atoms with Gasteiger partial charge >= 0.3 is 6.09 Å². The summed E-state index contributed by atoms with van der Waals surface area (Å²) in [5.74, 6) is 0. The maximum atomic E-state index is 11.8. The Morgan fingerprint density at radius 2 is 1.90 bits per heavy atom.